The van der Waals surface area contributed by atoms with E-state index in [4.69, 9.17) is 9.84 Å². The number of carboxylic acids is 1. The predicted molar refractivity (Wildman–Crippen MR) is 79.2 cm³/mol. The fourth-order valence-corrected chi connectivity index (χ4v) is 2.64. The molecule has 1 heterocycles. The van der Waals surface area contributed by atoms with Crippen molar-refractivity contribution in [3.63, 3.8) is 0 Å². The Balaban J connectivity index is 1.97. The monoisotopic (exact) mass is 291 g/mol. The van der Waals surface area contributed by atoms with Crippen molar-refractivity contribution in [3.05, 3.63) is 29.8 Å². The molecule has 1 aromatic carbocycles. The summed E-state index contributed by atoms with van der Waals surface area (Å²) in [6, 6.07) is 7.35. The molecule has 1 amide bonds. The molecule has 0 bridgehead atoms. The molecule has 114 valence electrons. The van der Waals surface area contributed by atoms with E-state index in [0.29, 0.717) is 18.7 Å². The zero-order valence-corrected chi connectivity index (χ0v) is 12.2. The minimum Gasteiger partial charge on any atom is -0.481 e. The highest BCUT2D eigenvalue weighted by Crippen LogP contribution is 2.25. The molecule has 21 heavy (non-hydrogen) atoms. The summed E-state index contributed by atoms with van der Waals surface area (Å²) in [4.78, 5) is 22.9. The molecule has 0 aromatic heterocycles. The SMILES string of the molecule is CCC1OCCC1C(=O)Nc1cccc(CCC(=O)O)c1. The number of nitrogens with one attached hydrogen (secondary N) is 1. The molecule has 2 atom stereocenters. The van der Waals surface area contributed by atoms with Crippen LogP contribution in [0.1, 0.15) is 31.7 Å². The van der Waals surface area contributed by atoms with Crippen molar-refractivity contribution in [2.45, 2.75) is 38.7 Å². The van der Waals surface area contributed by atoms with Gasteiger partial charge in [-0.1, -0.05) is 19.1 Å². The maximum atomic E-state index is 12.3. The van der Waals surface area contributed by atoms with Gasteiger partial charge in [0.15, 0.2) is 0 Å². The largest absolute Gasteiger partial charge is 0.481 e. The van der Waals surface area contributed by atoms with Crippen molar-refractivity contribution in [3.8, 4) is 0 Å². The van der Waals surface area contributed by atoms with E-state index in [0.717, 1.165) is 18.4 Å². The lowest BCUT2D eigenvalue weighted by atomic mass is 9.98. The highest BCUT2D eigenvalue weighted by Gasteiger charge is 2.32. The van der Waals surface area contributed by atoms with E-state index in [2.05, 4.69) is 5.32 Å². The Bertz CT molecular complexity index is 515. The second-order valence-electron chi connectivity index (χ2n) is 5.30. The Morgan fingerprint density at radius 2 is 2.24 bits per heavy atom. The van der Waals surface area contributed by atoms with Gasteiger partial charge < -0.3 is 15.2 Å². The molecular formula is C16H21NO4. The summed E-state index contributed by atoms with van der Waals surface area (Å²) >= 11 is 0. The van der Waals surface area contributed by atoms with Gasteiger partial charge in [-0.25, -0.2) is 0 Å². The number of rotatable bonds is 6. The zero-order chi connectivity index (χ0) is 15.2. The highest BCUT2D eigenvalue weighted by molar-refractivity contribution is 5.93. The zero-order valence-electron chi connectivity index (χ0n) is 12.2. The summed E-state index contributed by atoms with van der Waals surface area (Å²) in [5.41, 5.74) is 1.62. The van der Waals surface area contributed by atoms with Gasteiger partial charge >= 0.3 is 5.97 Å². The second-order valence-corrected chi connectivity index (χ2v) is 5.30. The summed E-state index contributed by atoms with van der Waals surface area (Å²) in [7, 11) is 0. The number of ether oxygens (including phenoxy) is 1. The van der Waals surface area contributed by atoms with Crippen LogP contribution in [0.2, 0.25) is 0 Å². The average Bonchev–Trinajstić information content (AvgIpc) is 2.94. The third-order valence-electron chi connectivity index (χ3n) is 3.77. The van der Waals surface area contributed by atoms with Crippen molar-refractivity contribution in [1.29, 1.82) is 0 Å². The van der Waals surface area contributed by atoms with E-state index >= 15 is 0 Å². The van der Waals surface area contributed by atoms with Crippen LogP contribution in [-0.2, 0) is 20.7 Å². The van der Waals surface area contributed by atoms with Crippen LogP contribution in [0.25, 0.3) is 0 Å². The van der Waals surface area contributed by atoms with Gasteiger partial charge in [-0.05, 0) is 37.0 Å². The molecular weight excluding hydrogens is 270 g/mol. The van der Waals surface area contributed by atoms with Crippen LogP contribution in [0, 0.1) is 5.92 Å². The Morgan fingerprint density at radius 3 is 2.95 bits per heavy atom. The number of hydrogen-bond acceptors (Lipinski definition) is 3. The first-order valence-electron chi connectivity index (χ1n) is 7.33. The van der Waals surface area contributed by atoms with Crippen LogP contribution in [0.5, 0.6) is 0 Å². The molecule has 5 heteroatoms. The standard InChI is InChI=1S/C16H21NO4/c1-2-14-13(8-9-21-14)16(20)17-12-5-3-4-11(10-12)6-7-15(18)19/h3-5,10,13-14H,2,6-9H2,1H3,(H,17,20)(H,18,19). The van der Waals surface area contributed by atoms with Crippen LogP contribution in [0.4, 0.5) is 5.69 Å². The fraction of sp³-hybridized carbons (Fsp3) is 0.500. The lowest BCUT2D eigenvalue weighted by molar-refractivity contribution is -0.137. The minimum atomic E-state index is -0.821. The molecule has 1 saturated heterocycles. The Morgan fingerprint density at radius 1 is 1.43 bits per heavy atom. The van der Waals surface area contributed by atoms with Gasteiger partial charge in [-0.3, -0.25) is 9.59 Å². The molecule has 2 unspecified atom stereocenters. The first-order valence-corrected chi connectivity index (χ1v) is 7.33. The number of carbonyl (C=O) groups is 2. The number of hydrogen-bond donors (Lipinski definition) is 2. The highest BCUT2D eigenvalue weighted by atomic mass is 16.5. The van der Waals surface area contributed by atoms with Crippen molar-refractivity contribution in [2.24, 2.45) is 5.92 Å². The summed E-state index contributed by atoms with van der Waals surface area (Å²) < 4.78 is 5.54. The normalized spacial score (nSPS) is 21.2. The molecule has 2 rings (SSSR count). The van der Waals surface area contributed by atoms with Crippen molar-refractivity contribution in [1.82, 2.24) is 0 Å². The van der Waals surface area contributed by atoms with Gasteiger partial charge in [0, 0.05) is 18.7 Å². The second kappa shape index (κ2) is 7.22. The Hall–Kier alpha value is -1.88. The molecule has 0 aliphatic carbocycles. The molecule has 1 aliphatic heterocycles. The van der Waals surface area contributed by atoms with Crippen molar-refractivity contribution >= 4 is 17.6 Å². The Kier molecular flexibility index (Phi) is 5.33. The number of benzene rings is 1. The van der Waals surface area contributed by atoms with E-state index < -0.39 is 5.97 Å². The number of carbonyl (C=O) groups excluding carboxylic acids is 1. The molecule has 0 radical (unpaired) electrons. The number of carboxylic acid groups (broad SMARTS) is 1. The number of amides is 1. The predicted octanol–water partition coefficient (Wildman–Crippen LogP) is 2.46. The van der Waals surface area contributed by atoms with Crippen molar-refractivity contribution < 1.29 is 19.4 Å². The summed E-state index contributed by atoms with van der Waals surface area (Å²) in [5, 5.41) is 11.6. The van der Waals surface area contributed by atoms with E-state index in [1.54, 1.807) is 0 Å². The van der Waals surface area contributed by atoms with Gasteiger partial charge in [0.1, 0.15) is 0 Å². The van der Waals surface area contributed by atoms with Crippen LogP contribution < -0.4 is 5.32 Å². The first-order chi connectivity index (χ1) is 10.1. The van der Waals surface area contributed by atoms with E-state index in [1.807, 2.05) is 31.2 Å². The minimum absolute atomic E-state index is 0.000179. The van der Waals surface area contributed by atoms with Crippen LogP contribution >= 0.6 is 0 Å². The van der Waals surface area contributed by atoms with E-state index in [9.17, 15) is 9.59 Å². The third kappa shape index (κ3) is 4.29. The number of aryl methyl sites for hydroxylation is 1. The summed E-state index contributed by atoms with van der Waals surface area (Å²) in [6.07, 6.45) is 2.13. The van der Waals surface area contributed by atoms with Gasteiger partial charge in [-0.2, -0.15) is 0 Å². The molecule has 1 fully saturated rings. The van der Waals surface area contributed by atoms with E-state index in [-0.39, 0.29) is 24.3 Å². The summed E-state index contributed by atoms with van der Waals surface area (Å²) in [6.45, 7) is 2.65. The van der Waals surface area contributed by atoms with Crippen LogP contribution in [0.3, 0.4) is 0 Å². The molecule has 5 nitrogen and oxygen atoms in total. The maximum absolute atomic E-state index is 12.3. The molecule has 0 spiro atoms. The lowest BCUT2D eigenvalue weighted by Gasteiger charge is -2.16. The van der Waals surface area contributed by atoms with Gasteiger partial charge in [0.05, 0.1) is 12.0 Å². The van der Waals surface area contributed by atoms with Gasteiger partial charge in [0.2, 0.25) is 5.91 Å². The molecule has 0 saturated carbocycles. The third-order valence-corrected chi connectivity index (χ3v) is 3.77. The van der Waals surface area contributed by atoms with Crippen LogP contribution in [-0.4, -0.2) is 29.7 Å². The van der Waals surface area contributed by atoms with Gasteiger partial charge in [-0.15, -0.1) is 0 Å². The Labute approximate surface area is 124 Å². The maximum Gasteiger partial charge on any atom is 0.303 e. The van der Waals surface area contributed by atoms with Gasteiger partial charge in [0.25, 0.3) is 0 Å². The molecule has 1 aliphatic rings. The molecule has 2 N–H and O–H groups in total. The quantitative estimate of drug-likeness (QED) is 0.844. The van der Waals surface area contributed by atoms with E-state index in [1.165, 1.54) is 0 Å². The fourth-order valence-electron chi connectivity index (χ4n) is 2.64. The molecule has 1 aromatic rings. The van der Waals surface area contributed by atoms with Crippen molar-refractivity contribution in [2.75, 3.05) is 11.9 Å². The lowest BCUT2D eigenvalue weighted by Crippen LogP contribution is -2.29. The topological polar surface area (TPSA) is 75.6 Å². The number of aliphatic carboxylic acids is 1. The number of anilines is 1. The first kappa shape index (κ1) is 15.5. The smallest absolute Gasteiger partial charge is 0.303 e. The van der Waals surface area contributed by atoms with Crippen LogP contribution in [0.15, 0.2) is 24.3 Å². The summed E-state index contributed by atoms with van der Waals surface area (Å²) in [5.74, 6) is -0.939. The average molecular weight is 291 g/mol.